The smallest absolute Gasteiger partial charge is 0.273 e. The van der Waals surface area contributed by atoms with Crippen LogP contribution in [0.25, 0.3) is 0 Å². The summed E-state index contributed by atoms with van der Waals surface area (Å²) < 4.78 is 0. The first kappa shape index (κ1) is 10.5. The molecule has 1 heterocycles. The summed E-state index contributed by atoms with van der Waals surface area (Å²) in [4.78, 5) is 22.4. The van der Waals surface area contributed by atoms with Gasteiger partial charge >= 0.3 is 0 Å². The average Bonchev–Trinajstić information content (AvgIpc) is 2.68. The number of aromatic amines is 2. The third kappa shape index (κ3) is 2.32. The topological polar surface area (TPSA) is 77.8 Å². The lowest BCUT2D eigenvalue weighted by Gasteiger charge is -2.02. The summed E-state index contributed by atoms with van der Waals surface area (Å²) >= 11 is 5.70. The van der Waals surface area contributed by atoms with Crippen molar-refractivity contribution in [1.82, 2.24) is 10.2 Å². The van der Waals surface area contributed by atoms with Crippen LogP contribution in [0.2, 0.25) is 5.02 Å². The van der Waals surface area contributed by atoms with Gasteiger partial charge in [-0.3, -0.25) is 19.8 Å². The standard InChI is InChI=1S/C10H8ClN3O2/c11-6-1-3-7(4-2-6)12-10(16)8-5-9(15)14-13-8/h1-5H,(H,12,16)(H2,13,14,15). The number of aromatic nitrogens is 2. The quantitative estimate of drug-likeness (QED) is 0.742. The molecule has 0 saturated carbocycles. The largest absolute Gasteiger partial charge is 0.321 e. The number of H-pyrrole nitrogens is 2. The number of hydrogen-bond donors (Lipinski definition) is 3. The lowest BCUT2D eigenvalue weighted by atomic mass is 10.3. The Morgan fingerprint density at radius 2 is 1.88 bits per heavy atom. The van der Waals surface area contributed by atoms with Crippen LogP contribution in [0.3, 0.4) is 0 Å². The second-order valence-electron chi connectivity index (χ2n) is 3.13. The molecule has 0 saturated heterocycles. The molecule has 2 aromatic rings. The van der Waals surface area contributed by atoms with Crippen molar-refractivity contribution >= 4 is 23.2 Å². The number of carbonyl (C=O) groups is 1. The minimum atomic E-state index is -0.388. The van der Waals surface area contributed by atoms with Gasteiger partial charge in [0.2, 0.25) is 0 Å². The number of rotatable bonds is 2. The first-order chi connectivity index (χ1) is 7.65. The monoisotopic (exact) mass is 237 g/mol. The second kappa shape index (κ2) is 4.24. The predicted molar refractivity (Wildman–Crippen MR) is 60.8 cm³/mol. The zero-order valence-electron chi connectivity index (χ0n) is 8.08. The van der Waals surface area contributed by atoms with E-state index in [2.05, 4.69) is 15.5 Å². The Kier molecular flexibility index (Phi) is 2.78. The fourth-order valence-electron chi connectivity index (χ4n) is 1.19. The number of carbonyl (C=O) groups excluding carboxylic acids is 1. The van der Waals surface area contributed by atoms with Crippen molar-refractivity contribution in [3.8, 4) is 0 Å². The van der Waals surface area contributed by atoms with Crippen LogP contribution in [0.4, 0.5) is 5.69 Å². The molecule has 0 spiro atoms. The van der Waals surface area contributed by atoms with Gasteiger partial charge in [0.25, 0.3) is 11.5 Å². The summed E-state index contributed by atoms with van der Waals surface area (Å²) in [5.41, 5.74) is 0.442. The third-order valence-corrected chi connectivity index (χ3v) is 2.19. The van der Waals surface area contributed by atoms with E-state index in [0.29, 0.717) is 10.7 Å². The van der Waals surface area contributed by atoms with E-state index in [4.69, 9.17) is 11.6 Å². The zero-order valence-corrected chi connectivity index (χ0v) is 8.84. The molecule has 0 unspecified atom stereocenters. The summed E-state index contributed by atoms with van der Waals surface area (Å²) in [5, 5.41) is 7.94. The summed E-state index contributed by atoms with van der Waals surface area (Å²) in [5.74, 6) is -0.388. The summed E-state index contributed by atoms with van der Waals surface area (Å²) in [6.07, 6.45) is 0. The molecule has 1 aromatic carbocycles. The molecule has 1 amide bonds. The minimum absolute atomic E-state index is 0.181. The molecular weight excluding hydrogens is 230 g/mol. The number of anilines is 1. The van der Waals surface area contributed by atoms with Crippen LogP contribution in [-0.2, 0) is 0 Å². The first-order valence-electron chi connectivity index (χ1n) is 4.50. The first-order valence-corrected chi connectivity index (χ1v) is 4.87. The molecule has 0 aliphatic rings. The SMILES string of the molecule is O=C(Nc1ccc(Cl)cc1)c1cc(=O)[nH][nH]1. The Bertz CT molecular complexity index is 556. The number of nitrogens with one attached hydrogen (secondary N) is 3. The van der Waals surface area contributed by atoms with Crippen LogP contribution < -0.4 is 10.9 Å². The van der Waals surface area contributed by atoms with Gasteiger partial charge in [0.1, 0.15) is 5.69 Å². The third-order valence-electron chi connectivity index (χ3n) is 1.94. The van der Waals surface area contributed by atoms with Gasteiger partial charge in [0.05, 0.1) is 0 Å². The lowest BCUT2D eigenvalue weighted by molar-refractivity contribution is 0.102. The van der Waals surface area contributed by atoms with Crippen molar-refractivity contribution in [3.05, 3.63) is 51.4 Å². The molecule has 3 N–H and O–H groups in total. The average molecular weight is 238 g/mol. The van der Waals surface area contributed by atoms with E-state index in [-0.39, 0.29) is 17.2 Å². The maximum absolute atomic E-state index is 11.6. The molecule has 0 aliphatic carbocycles. The van der Waals surface area contributed by atoms with E-state index < -0.39 is 0 Å². The van der Waals surface area contributed by atoms with Crippen molar-refractivity contribution in [1.29, 1.82) is 0 Å². The molecule has 0 fully saturated rings. The highest BCUT2D eigenvalue weighted by Gasteiger charge is 2.07. The van der Waals surface area contributed by atoms with E-state index in [1.165, 1.54) is 6.07 Å². The maximum Gasteiger partial charge on any atom is 0.273 e. The lowest BCUT2D eigenvalue weighted by Crippen LogP contribution is -2.12. The number of hydrogen-bond acceptors (Lipinski definition) is 2. The maximum atomic E-state index is 11.6. The van der Waals surface area contributed by atoms with Gasteiger partial charge in [-0.15, -0.1) is 0 Å². The van der Waals surface area contributed by atoms with Gasteiger partial charge in [-0.05, 0) is 24.3 Å². The van der Waals surface area contributed by atoms with E-state index in [0.717, 1.165) is 0 Å². The molecule has 16 heavy (non-hydrogen) atoms. The van der Waals surface area contributed by atoms with Crippen LogP contribution >= 0.6 is 11.6 Å². The molecule has 1 aromatic heterocycles. The fraction of sp³-hybridized carbons (Fsp3) is 0. The van der Waals surface area contributed by atoms with Crippen LogP contribution in [0.5, 0.6) is 0 Å². The second-order valence-corrected chi connectivity index (χ2v) is 3.57. The fourth-order valence-corrected chi connectivity index (χ4v) is 1.31. The highest BCUT2D eigenvalue weighted by Crippen LogP contribution is 2.13. The van der Waals surface area contributed by atoms with Gasteiger partial charge in [-0.1, -0.05) is 11.6 Å². The molecule has 0 aliphatic heterocycles. The molecule has 0 radical (unpaired) electrons. The van der Waals surface area contributed by atoms with Gasteiger partial charge < -0.3 is 5.32 Å². The highest BCUT2D eigenvalue weighted by molar-refractivity contribution is 6.30. The zero-order chi connectivity index (χ0) is 11.5. The van der Waals surface area contributed by atoms with Crippen molar-refractivity contribution < 1.29 is 4.79 Å². The van der Waals surface area contributed by atoms with Gasteiger partial charge in [0.15, 0.2) is 0 Å². The highest BCUT2D eigenvalue weighted by atomic mass is 35.5. The molecule has 6 heteroatoms. The molecular formula is C10H8ClN3O2. The van der Waals surface area contributed by atoms with Crippen molar-refractivity contribution in [2.75, 3.05) is 5.32 Å². The Hall–Kier alpha value is -2.01. The van der Waals surface area contributed by atoms with Crippen LogP contribution in [0.1, 0.15) is 10.5 Å². The molecule has 2 rings (SSSR count). The van der Waals surface area contributed by atoms with E-state index >= 15 is 0 Å². The summed E-state index contributed by atoms with van der Waals surface area (Å²) in [7, 11) is 0. The molecule has 0 atom stereocenters. The van der Waals surface area contributed by atoms with E-state index in [1.54, 1.807) is 24.3 Å². The molecule has 82 valence electrons. The van der Waals surface area contributed by atoms with Crippen molar-refractivity contribution in [2.24, 2.45) is 0 Å². The Morgan fingerprint density at radius 3 is 2.44 bits per heavy atom. The molecule has 5 nitrogen and oxygen atoms in total. The van der Waals surface area contributed by atoms with E-state index in [1.807, 2.05) is 0 Å². The van der Waals surface area contributed by atoms with Gasteiger partial charge in [-0.25, -0.2) is 0 Å². The van der Waals surface area contributed by atoms with Crippen LogP contribution in [0.15, 0.2) is 35.1 Å². The Morgan fingerprint density at radius 1 is 1.19 bits per heavy atom. The number of benzene rings is 1. The van der Waals surface area contributed by atoms with Crippen LogP contribution in [0, 0.1) is 0 Å². The Balaban J connectivity index is 2.13. The summed E-state index contributed by atoms with van der Waals surface area (Å²) in [6.45, 7) is 0. The number of halogens is 1. The summed E-state index contributed by atoms with van der Waals surface area (Å²) in [6, 6.07) is 7.86. The predicted octanol–water partition coefficient (Wildman–Crippen LogP) is 1.61. The van der Waals surface area contributed by atoms with Crippen molar-refractivity contribution in [2.45, 2.75) is 0 Å². The van der Waals surface area contributed by atoms with E-state index in [9.17, 15) is 9.59 Å². The van der Waals surface area contributed by atoms with Crippen LogP contribution in [-0.4, -0.2) is 16.1 Å². The van der Waals surface area contributed by atoms with Gasteiger partial charge in [-0.2, -0.15) is 0 Å². The van der Waals surface area contributed by atoms with Crippen molar-refractivity contribution in [3.63, 3.8) is 0 Å². The van der Waals surface area contributed by atoms with Gasteiger partial charge in [0, 0.05) is 16.8 Å². The number of amides is 1. The normalized spacial score (nSPS) is 10.1. The minimum Gasteiger partial charge on any atom is -0.321 e. The molecule has 0 bridgehead atoms. The Labute approximate surface area is 95.4 Å².